The molecule has 14 heteroatoms. The van der Waals surface area contributed by atoms with Crippen molar-refractivity contribution < 1.29 is 44.7 Å². The Morgan fingerprint density at radius 1 is 0.600 bits per heavy atom. The smallest absolute Gasteiger partial charge is 0.321 e. The molecule has 0 bridgehead atoms. The summed E-state index contributed by atoms with van der Waals surface area (Å²) in [6.07, 6.45) is 3.77. The van der Waals surface area contributed by atoms with Crippen LogP contribution >= 0.6 is 0 Å². The number of alkyl halides is 8. The molecule has 0 fully saturated rings. The van der Waals surface area contributed by atoms with E-state index in [-0.39, 0.29) is 0 Å². The van der Waals surface area contributed by atoms with Crippen LogP contribution in [0.5, 0.6) is 0 Å². The summed E-state index contributed by atoms with van der Waals surface area (Å²) in [6.45, 7) is 0. The third kappa shape index (κ3) is 3.89. The summed E-state index contributed by atoms with van der Waals surface area (Å²) < 4.78 is 111. The van der Waals surface area contributed by atoms with E-state index in [1.54, 1.807) is 0 Å². The average molecular weight is 442 g/mol. The van der Waals surface area contributed by atoms with Gasteiger partial charge in [0.15, 0.2) is 0 Å². The number of amides is 2. The molecule has 30 heavy (non-hydrogen) atoms. The van der Waals surface area contributed by atoms with Crippen molar-refractivity contribution in [3.63, 3.8) is 0 Å². The normalized spacial score (nSPS) is 12.9. The summed E-state index contributed by atoms with van der Waals surface area (Å²) >= 11 is 0. The summed E-state index contributed by atoms with van der Waals surface area (Å²) in [5.41, 5.74) is -1.09. The number of carbonyl (C=O) groups is 2. The van der Waals surface area contributed by atoms with E-state index in [2.05, 4.69) is 9.97 Å². The van der Waals surface area contributed by atoms with E-state index in [1.807, 2.05) is 0 Å². The second-order valence-electron chi connectivity index (χ2n) is 5.68. The van der Waals surface area contributed by atoms with Crippen molar-refractivity contribution >= 4 is 23.2 Å². The van der Waals surface area contributed by atoms with Gasteiger partial charge in [-0.25, -0.2) is 0 Å². The molecule has 0 aliphatic heterocycles. The third-order valence-corrected chi connectivity index (χ3v) is 3.63. The Morgan fingerprint density at radius 3 is 1.13 bits per heavy atom. The molecule has 2 N–H and O–H groups in total. The van der Waals surface area contributed by atoms with Crippen LogP contribution in [0, 0.1) is 0 Å². The molecule has 2 aromatic rings. The highest BCUT2D eigenvalue weighted by molar-refractivity contribution is 5.99. The van der Waals surface area contributed by atoms with Gasteiger partial charge in [0.25, 0.3) is 0 Å². The largest absolute Gasteiger partial charge is 0.393 e. The minimum atomic E-state index is -6.96. The number of rotatable bonds is 7. The summed E-state index contributed by atoms with van der Waals surface area (Å²) in [4.78, 5) is 29.8. The Kier molecular flexibility index (Phi) is 6.00. The molecular weight excluding hydrogens is 432 g/mol. The summed E-state index contributed by atoms with van der Waals surface area (Å²) in [5, 5.41) is 2.37. The van der Waals surface area contributed by atoms with Crippen LogP contribution in [0.2, 0.25) is 0 Å². The van der Waals surface area contributed by atoms with E-state index in [9.17, 15) is 44.7 Å². The molecule has 2 rings (SSSR count). The first-order chi connectivity index (χ1) is 13.7. The van der Waals surface area contributed by atoms with Crippen molar-refractivity contribution in [1.29, 1.82) is 0 Å². The molecule has 2 aromatic heterocycles. The van der Waals surface area contributed by atoms with Crippen molar-refractivity contribution in [2.45, 2.75) is 23.7 Å². The second kappa shape index (κ2) is 7.84. The fraction of sp³-hybridized carbons (Fsp3) is 0.250. The number of nitrogens with one attached hydrogen (secondary N) is 2. The van der Waals surface area contributed by atoms with Crippen LogP contribution in [-0.4, -0.2) is 45.5 Å². The average Bonchev–Trinajstić information content (AvgIpc) is 2.69. The van der Waals surface area contributed by atoms with E-state index in [0.717, 1.165) is 49.1 Å². The second-order valence-corrected chi connectivity index (χ2v) is 5.68. The van der Waals surface area contributed by atoms with Crippen LogP contribution in [-0.2, 0) is 9.59 Å². The van der Waals surface area contributed by atoms with Crippen LogP contribution in [0.1, 0.15) is 0 Å². The molecular formula is C16H10F8N4O2. The quantitative estimate of drug-likeness (QED) is 0.642. The predicted octanol–water partition coefficient (Wildman–Crippen LogP) is 3.60. The molecule has 0 aliphatic rings. The lowest BCUT2D eigenvalue weighted by atomic mass is 9.97. The zero-order valence-corrected chi connectivity index (χ0v) is 14.4. The first kappa shape index (κ1) is 23.0. The van der Waals surface area contributed by atoms with Crippen molar-refractivity contribution in [1.82, 2.24) is 9.97 Å². The van der Waals surface area contributed by atoms with Crippen LogP contribution in [0.3, 0.4) is 0 Å². The minimum Gasteiger partial charge on any atom is -0.321 e. The summed E-state index contributed by atoms with van der Waals surface area (Å²) in [7, 11) is 0. The van der Waals surface area contributed by atoms with Gasteiger partial charge in [0.2, 0.25) is 0 Å². The van der Waals surface area contributed by atoms with Crippen molar-refractivity contribution in [2.24, 2.45) is 0 Å². The SMILES string of the molecule is O=C(Nc1ccncc1)C(F)(F)C(F)(F)C(F)(F)C(F)(F)C(=O)Nc1ccncc1. The lowest BCUT2D eigenvalue weighted by molar-refractivity contribution is -0.345. The molecule has 0 saturated heterocycles. The van der Waals surface area contributed by atoms with Crippen LogP contribution in [0.4, 0.5) is 46.5 Å². The molecule has 0 aliphatic carbocycles. The lowest BCUT2D eigenvalue weighted by Crippen LogP contribution is -2.67. The Hall–Kier alpha value is -3.32. The Bertz CT molecular complexity index is 834. The summed E-state index contributed by atoms with van der Waals surface area (Å²) in [5.74, 6) is -32.6. The van der Waals surface area contributed by atoms with Gasteiger partial charge in [0.1, 0.15) is 0 Å². The van der Waals surface area contributed by atoms with Crippen molar-refractivity contribution in [3.8, 4) is 0 Å². The fourth-order valence-corrected chi connectivity index (χ4v) is 1.97. The number of anilines is 2. The molecule has 0 aromatic carbocycles. The van der Waals surface area contributed by atoms with Crippen molar-refractivity contribution in [3.05, 3.63) is 49.1 Å². The van der Waals surface area contributed by atoms with Gasteiger partial charge in [0, 0.05) is 36.2 Å². The number of aromatic nitrogens is 2. The number of halogens is 8. The van der Waals surface area contributed by atoms with Gasteiger partial charge in [-0.05, 0) is 24.3 Å². The number of carbonyl (C=O) groups excluding carboxylic acids is 2. The van der Waals surface area contributed by atoms with Gasteiger partial charge in [-0.2, -0.15) is 35.1 Å². The van der Waals surface area contributed by atoms with Crippen LogP contribution in [0.15, 0.2) is 49.1 Å². The highest BCUT2D eigenvalue weighted by Crippen LogP contribution is 2.53. The highest BCUT2D eigenvalue weighted by Gasteiger charge is 2.84. The molecule has 0 unspecified atom stereocenters. The minimum absolute atomic E-state index is 0.545. The maximum atomic E-state index is 13.9. The maximum absolute atomic E-state index is 13.9. The fourth-order valence-electron chi connectivity index (χ4n) is 1.97. The number of pyridine rings is 2. The van der Waals surface area contributed by atoms with Crippen molar-refractivity contribution in [2.75, 3.05) is 10.6 Å². The van der Waals surface area contributed by atoms with E-state index >= 15 is 0 Å². The zero-order chi connectivity index (χ0) is 22.8. The van der Waals surface area contributed by atoms with Gasteiger partial charge < -0.3 is 10.6 Å². The number of hydrogen-bond donors (Lipinski definition) is 2. The molecule has 162 valence electrons. The zero-order valence-electron chi connectivity index (χ0n) is 14.4. The standard InChI is InChI=1S/C16H10F8N4O2/c17-13(18,11(29)27-9-1-5-25-6-2-9)15(21,22)16(23,24)14(19,20)12(30)28-10-3-7-26-8-4-10/h1-8H,(H,25,27,29)(H,26,28,30). The Morgan fingerprint density at radius 2 is 0.867 bits per heavy atom. The molecule has 0 spiro atoms. The van der Waals surface area contributed by atoms with Crippen LogP contribution in [0.25, 0.3) is 0 Å². The highest BCUT2D eigenvalue weighted by atomic mass is 19.4. The van der Waals surface area contributed by atoms with E-state index in [4.69, 9.17) is 0 Å². The first-order valence-electron chi connectivity index (χ1n) is 7.69. The molecule has 0 radical (unpaired) electrons. The Balaban J connectivity index is 2.31. The Labute approximate surface area is 162 Å². The van der Waals surface area contributed by atoms with Gasteiger partial charge >= 0.3 is 35.5 Å². The monoisotopic (exact) mass is 442 g/mol. The lowest BCUT2D eigenvalue weighted by Gasteiger charge is -2.35. The topological polar surface area (TPSA) is 84.0 Å². The van der Waals surface area contributed by atoms with Gasteiger partial charge in [-0.15, -0.1) is 0 Å². The van der Waals surface area contributed by atoms with E-state index < -0.39 is 46.9 Å². The molecule has 2 heterocycles. The third-order valence-electron chi connectivity index (χ3n) is 3.63. The van der Waals surface area contributed by atoms with Gasteiger partial charge in [0.05, 0.1) is 0 Å². The van der Waals surface area contributed by atoms with E-state index in [0.29, 0.717) is 0 Å². The van der Waals surface area contributed by atoms with E-state index in [1.165, 1.54) is 10.6 Å². The van der Waals surface area contributed by atoms with Crippen LogP contribution < -0.4 is 10.6 Å². The first-order valence-corrected chi connectivity index (χ1v) is 7.69. The molecule has 2 amide bonds. The number of nitrogens with zero attached hydrogens (tertiary/aromatic N) is 2. The van der Waals surface area contributed by atoms with Gasteiger partial charge in [-0.3, -0.25) is 19.6 Å². The predicted molar refractivity (Wildman–Crippen MR) is 85.5 cm³/mol. The molecule has 0 atom stereocenters. The molecule has 6 nitrogen and oxygen atoms in total. The summed E-state index contributed by atoms with van der Waals surface area (Å²) in [6, 6.07) is 3.39. The maximum Gasteiger partial charge on any atom is 0.393 e. The number of hydrogen-bond acceptors (Lipinski definition) is 4. The van der Waals surface area contributed by atoms with Gasteiger partial charge in [-0.1, -0.05) is 0 Å². The molecule has 0 saturated carbocycles.